The number of ether oxygens (including phenoxy) is 2. The number of benzene rings is 2. The largest absolute Gasteiger partial charge is 0.494 e. The maximum Gasteiger partial charge on any atom is 0.261 e. The highest BCUT2D eigenvalue weighted by atomic mass is 16.5. The lowest BCUT2D eigenvalue weighted by atomic mass is 10.1. The van der Waals surface area contributed by atoms with Crippen molar-refractivity contribution >= 4 is 5.91 Å². The molecule has 1 atom stereocenters. The first kappa shape index (κ1) is 17.9. The lowest BCUT2D eigenvalue weighted by Crippen LogP contribution is -2.35. The van der Waals surface area contributed by atoms with Gasteiger partial charge in [0.25, 0.3) is 5.91 Å². The van der Waals surface area contributed by atoms with Gasteiger partial charge < -0.3 is 14.8 Å². The minimum Gasteiger partial charge on any atom is -0.494 e. The molecule has 0 heterocycles. The first-order valence-electron chi connectivity index (χ1n) is 8.23. The molecule has 2 aromatic carbocycles. The molecule has 2 aromatic rings. The molecule has 0 radical (unpaired) electrons. The molecule has 1 unspecified atom stereocenters. The van der Waals surface area contributed by atoms with Crippen LogP contribution in [0.2, 0.25) is 0 Å². The number of hydrogen-bond acceptors (Lipinski definition) is 3. The van der Waals surface area contributed by atoms with Crippen LogP contribution in [-0.4, -0.2) is 18.6 Å². The smallest absolute Gasteiger partial charge is 0.261 e. The average molecular weight is 327 g/mol. The Kier molecular flexibility index (Phi) is 6.24. The van der Waals surface area contributed by atoms with Crippen LogP contribution in [0.15, 0.2) is 42.5 Å². The van der Waals surface area contributed by atoms with Crippen molar-refractivity contribution in [3.63, 3.8) is 0 Å². The number of nitrogens with one attached hydrogen (secondary N) is 1. The van der Waals surface area contributed by atoms with Crippen LogP contribution < -0.4 is 14.8 Å². The zero-order valence-electron chi connectivity index (χ0n) is 14.8. The Morgan fingerprint density at radius 2 is 1.71 bits per heavy atom. The van der Waals surface area contributed by atoms with E-state index in [-0.39, 0.29) is 5.91 Å². The SMILES string of the molecule is CCOc1ccc(CNC(=O)C(C)Oc2ccc(C)c(C)c2)cc1. The van der Waals surface area contributed by atoms with Crippen LogP contribution in [0.3, 0.4) is 0 Å². The summed E-state index contributed by atoms with van der Waals surface area (Å²) in [4.78, 5) is 12.2. The van der Waals surface area contributed by atoms with Gasteiger partial charge in [-0.2, -0.15) is 0 Å². The Balaban J connectivity index is 1.85. The molecule has 0 spiro atoms. The standard InChI is InChI=1S/C20H25NO3/c1-5-23-18-10-7-17(8-11-18)13-21-20(22)16(4)24-19-9-6-14(2)15(3)12-19/h6-12,16H,5,13H2,1-4H3,(H,21,22). The van der Waals surface area contributed by atoms with Crippen LogP contribution >= 0.6 is 0 Å². The van der Waals surface area contributed by atoms with E-state index in [0.717, 1.165) is 16.9 Å². The number of hydrogen-bond donors (Lipinski definition) is 1. The fourth-order valence-electron chi connectivity index (χ4n) is 2.25. The van der Waals surface area contributed by atoms with Crippen LogP contribution in [0.25, 0.3) is 0 Å². The molecule has 0 aliphatic carbocycles. The average Bonchev–Trinajstić information content (AvgIpc) is 2.57. The normalized spacial score (nSPS) is 11.7. The van der Waals surface area contributed by atoms with Gasteiger partial charge in [-0.05, 0) is 68.7 Å². The highest BCUT2D eigenvalue weighted by Crippen LogP contribution is 2.18. The van der Waals surface area contributed by atoms with Crippen molar-refractivity contribution in [3.05, 3.63) is 59.2 Å². The number of carbonyl (C=O) groups excluding carboxylic acids is 1. The Morgan fingerprint density at radius 1 is 1.04 bits per heavy atom. The van der Waals surface area contributed by atoms with E-state index in [0.29, 0.717) is 18.9 Å². The summed E-state index contributed by atoms with van der Waals surface area (Å²) in [7, 11) is 0. The Morgan fingerprint density at radius 3 is 2.33 bits per heavy atom. The molecule has 2 rings (SSSR count). The summed E-state index contributed by atoms with van der Waals surface area (Å²) in [5, 5.41) is 2.89. The molecule has 0 aliphatic heterocycles. The summed E-state index contributed by atoms with van der Waals surface area (Å²) >= 11 is 0. The lowest BCUT2D eigenvalue weighted by molar-refractivity contribution is -0.127. The van der Waals surface area contributed by atoms with Crippen molar-refractivity contribution in [1.29, 1.82) is 0 Å². The quantitative estimate of drug-likeness (QED) is 0.842. The highest BCUT2D eigenvalue weighted by Gasteiger charge is 2.14. The summed E-state index contributed by atoms with van der Waals surface area (Å²) < 4.78 is 11.1. The van der Waals surface area contributed by atoms with Crippen LogP contribution in [0, 0.1) is 13.8 Å². The molecule has 0 aliphatic rings. The molecular formula is C20H25NO3. The van der Waals surface area contributed by atoms with Gasteiger partial charge in [-0.25, -0.2) is 0 Å². The van der Waals surface area contributed by atoms with E-state index >= 15 is 0 Å². The summed E-state index contributed by atoms with van der Waals surface area (Å²) in [6, 6.07) is 13.5. The van der Waals surface area contributed by atoms with Gasteiger partial charge in [0, 0.05) is 6.54 Å². The second-order valence-corrected chi connectivity index (χ2v) is 5.80. The zero-order valence-corrected chi connectivity index (χ0v) is 14.8. The van der Waals surface area contributed by atoms with Crippen LogP contribution in [0.4, 0.5) is 0 Å². The molecule has 0 saturated heterocycles. The molecule has 1 N–H and O–H groups in total. The topological polar surface area (TPSA) is 47.6 Å². The van der Waals surface area contributed by atoms with Gasteiger partial charge >= 0.3 is 0 Å². The molecule has 4 nitrogen and oxygen atoms in total. The van der Waals surface area contributed by atoms with Gasteiger partial charge in [0.2, 0.25) is 0 Å². The second kappa shape index (κ2) is 8.39. The van der Waals surface area contributed by atoms with Crippen molar-refractivity contribution in [1.82, 2.24) is 5.32 Å². The minimum absolute atomic E-state index is 0.137. The van der Waals surface area contributed by atoms with E-state index in [1.54, 1.807) is 6.92 Å². The molecule has 0 fully saturated rings. The van der Waals surface area contributed by atoms with Crippen molar-refractivity contribution in [2.45, 2.75) is 40.3 Å². The number of rotatable bonds is 7. The van der Waals surface area contributed by atoms with E-state index in [9.17, 15) is 4.79 Å². The van der Waals surface area contributed by atoms with E-state index in [1.807, 2.05) is 63.2 Å². The summed E-state index contributed by atoms with van der Waals surface area (Å²) in [5.41, 5.74) is 3.37. The van der Waals surface area contributed by atoms with Crippen molar-refractivity contribution < 1.29 is 14.3 Å². The fourth-order valence-corrected chi connectivity index (χ4v) is 2.25. The Hall–Kier alpha value is -2.49. The van der Waals surface area contributed by atoms with Gasteiger partial charge in [-0.15, -0.1) is 0 Å². The lowest BCUT2D eigenvalue weighted by Gasteiger charge is -2.15. The van der Waals surface area contributed by atoms with E-state index in [4.69, 9.17) is 9.47 Å². The molecule has 24 heavy (non-hydrogen) atoms. The maximum atomic E-state index is 12.2. The summed E-state index contributed by atoms with van der Waals surface area (Å²) in [6.07, 6.45) is -0.546. The van der Waals surface area contributed by atoms with E-state index < -0.39 is 6.10 Å². The summed E-state index contributed by atoms with van der Waals surface area (Å²) in [5.74, 6) is 1.41. The van der Waals surface area contributed by atoms with Crippen molar-refractivity contribution in [2.75, 3.05) is 6.61 Å². The third kappa shape index (κ3) is 5.01. The maximum absolute atomic E-state index is 12.2. The van der Waals surface area contributed by atoms with Gasteiger partial charge in [0.15, 0.2) is 6.10 Å². The molecule has 4 heteroatoms. The highest BCUT2D eigenvalue weighted by molar-refractivity contribution is 5.80. The van der Waals surface area contributed by atoms with E-state index in [1.165, 1.54) is 5.56 Å². The third-order valence-electron chi connectivity index (χ3n) is 3.86. The number of carbonyl (C=O) groups is 1. The van der Waals surface area contributed by atoms with Gasteiger partial charge in [-0.3, -0.25) is 4.79 Å². The first-order valence-corrected chi connectivity index (χ1v) is 8.23. The minimum atomic E-state index is -0.546. The predicted molar refractivity (Wildman–Crippen MR) is 95.5 cm³/mol. The Bertz CT molecular complexity index is 680. The second-order valence-electron chi connectivity index (χ2n) is 5.80. The van der Waals surface area contributed by atoms with Gasteiger partial charge in [-0.1, -0.05) is 18.2 Å². The molecule has 0 aromatic heterocycles. The van der Waals surface area contributed by atoms with Gasteiger partial charge in [0.05, 0.1) is 6.61 Å². The molecular weight excluding hydrogens is 302 g/mol. The van der Waals surface area contributed by atoms with Gasteiger partial charge in [0.1, 0.15) is 11.5 Å². The van der Waals surface area contributed by atoms with Crippen LogP contribution in [0.5, 0.6) is 11.5 Å². The van der Waals surface area contributed by atoms with Crippen molar-refractivity contribution in [3.8, 4) is 11.5 Å². The number of amides is 1. The number of aryl methyl sites for hydroxylation is 2. The molecule has 128 valence electrons. The molecule has 0 saturated carbocycles. The predicted octanol–water partition coefficient (Wildman–Crippen LogP) is 3.79. The first-order chi connectivity index (χ1) is 11.5. The van der Waals surface area contributed by atoms with Crippen LogP contribution in [0.1, 0.15) is 30.5 Å². The summed E-state index contributed by atoms with van der Waals surface area (Å²) in [6.45, 7) is 8.88. The Labute approximate surface area is 143 Å². The third-order valence-corrected chi connectivity index (χ3v) is 3.86. The monoisotopic (exact) mass is 327 g/mol. The molecule has 0 bridgehead atoms. The zero-order chi connectivity index (χ0) is 17.5. The van der Waals surface area contributed by atoms with E-state index in [2.05, 4.69) is 5.32 Å². The fraction of sp³-hybridized carbons (Fsp3) is 0.350. The molecule has 1 amide bonds. The van der Waals surface area contributed by atoms with Crippen LogP contribution in [-0.2, 0) is 11.3 Å². The van der Waals surface area contributed by atoms with Crippen molar-refractivity contribution in [2.24, 2.45) is 0 Å².